The van der Waals surface area contributed by atoms with E-state index in [0.29, 0.717) is 43.4 Å². The van der Waals surface area contributed by atoms with E-state index >= 15 is 0 Å². The summed E-state index contributed by atoms with van der Waals surface area (Å²) in [5, 5.41) is 24.3. The molecule has 1 fully saturated rings. The molecule has 2 aromatic carbocycles. The van der Waals surface area contributed by atoms with Crippen LogP contribution in [0.4, 0.5) is 0 Å². The number of Topliss-reactive ketones (excluding diaryl/α,β-unsaturated/α-hetero) is 1. The molecule has 2 aliphatic carbocycles. The number of nitrogens with zero attached hydrogens (tertiary/aromatic N) is 2. The number of rotatable bonds is 13. The first-order chi connectivity index (χ1) is 22.4. The van der Waals surface area contributed by atoms with E-state index in [1.54, 1.807) is 6.07 Å². The van der Waals surface area contributed by atoms with Gasteiger partial charge in [-0.15, -0.1) is 0 Å². The minimum Gasteiger partial charge on any atom is -0.504 e. The number of aryl methyl sites for hydroxylation is 1. The Morgan fingerprint density at radius 3 is 3.02 bits per heavy atom. The lowest BCUT2D eigenvalue weighted by atomic mass is 9.57. The van der Waals surface area contributed by atoms with Crippen molar-refractivity contribution in [2.24, 2.45) is 16.6 Å². The van der Waals surface area contributed by atoms with Gasteiger partial charge in [-0.1, -0.05) is 56.9 Å². The monoisotopic (exact) mass is 624 g/mol. The molecule has 0 saturated heterocycles. The van der Waals surface area contributed by atoms with Gasteiger partial charge in [0.15, 0.2) is 18.2 Å². The van der Waals surface area contributed by atoms with Crippen molar-refractivity contribution >= 4 is 12.0 Å². The van der Waals surface area contributed by atoms with E-state index in [1.807, 2.05) is 12.1 Å². The number of phenols is 1. The highest BCUT2D eigenvalue weighted by molar-refractivity contribution is 5.91. The van der Waals surface area contributed by atoms with Gasteiger partial charge in [0, 0.05) is 49.3 Å². The Bertz CT molecular complexity index is 1580. The van der Waals surface area contributed by atoms with Crippen molar-refractivity contribution in [1.82, 2.24) is 10.2 Å². The van der Waals surface area contributed by atoms with Gasteiger partial charge >= 0.3 is 0 Å². The summed E-state index contributed by atoms with van der Waals surface area (Å²) >= 11 is 0. The molecule has 0 aromatic heterocycles. The molecule has 8 nitrogen and oxygen atoms in total. The van der Waals surface area contributed by atoms with Gasteiger partial charge in [0.25, 0.3) is 0 Å². The smallest absolute Gasteiger partial charge is 0.163 e. The number of aliphatic hydroxyl groups excluding tert-OH is 1. The van der Waals surface area contributed by atoms with Gasteiger partial charge in [0.1, 0.15) is 5.78 Å². The molecule has 0 bridgehead atoms. The van der Waals surface area contributed by atoms with E-state index in [4.69, 9.17) is 15.5 Å². The molecule has 2 aromatic rings. The molecule has 3 aliphatic heterocycles. The minimum absolute atomic E-state index is 0.0280. The Kier molecular flexibility index (Phi) is 8.79. The van der Waals surface area contributed by atoms with Gasteiger partial charge in [-0.2, -0.15) is 0 Å². The van der Waals surface area contributed by atoms with Crippen molar-refractivity contribution in [2.75, 3.05) is 19.8 Å². The van der Waals surface area contributed by atoms with Crippen LogP contribution in [0.3, 0.4) is 0 Å². The molecule has 1 saturated carbocycles. The van der Waals surface area contributed by atoms with Gasteiger partial charge in [-0.05, 0) is 83.9 Å². The molecule has 5 aliphatic rings. The number of hydrogen-bond acceptors (Lipinski definition) is 8. The van der Waals surface area contributed by atoms with E-state index in [9.17, 15) is 15.0 Å². The lowest BCUT2D eigenvalue weighted by Crippen LogP contribution is -2.46. The Balaban J connectivity index is 1.03. The average Bonchev–Trinajstić information content (AvgIpc) is 3.77. The number of carbonyl (C=O) groups excluding carboxylic acids is 1. The number of fused-ring (bicyclic) bond motifs is 3. The van der Waals surface area contributed by atoms with Crippen LogP contribution in [0.5, 0.6) is 11.5 Å². The second kappa shape index (κ2) is 13.0. The maximum absolute atomic E-state index is 12.5. The quantitative estimate of drug-likeness (QED) is 0.205. The normalized spacial score (nSPS) is 26.5. The zero-order chi connectivity index (χ0) is 31.8. The molecule has 0 amide bonds. The first-order valence-electron chi connectivity index (χ1n) is 17.4. The molecule has 8 heteroatoms. The highest BCUT2D eigenvalue weighted by Gasteiger charge is 2.54. The maximum atomic E-state index is 12.5. The third-order valence-corrected chi connectivity index (χ3v) is 11.2. The number of unbranched alkanes of at least 4 members (excludes halogenated alkanes) is 2. The molecule has 0 spiro atoms. The molecule has 5 N–H and O–H groups in total. The van der Waals surface area contributed by atoms with E-state index < -0.39 is 6.10 Å². The van der Waals surface area contributed by atoms with E-state index in [2.05, 4.69) is 47.8 Å². The van der Waals surface area contributed by atoms with Crippen molar-refractivity contribution in [3.8, 4) is 11.5 Å². The SMILES string of the molecule is CCCCC[C@@H](O)CC(=O)CCc1ccc(O)c(OCN2C=C3N=CC([C@@]45CCC[C@@H]4C[C@@H]4CN[C@H](N)c6cccc5c64)=C3C2)c1. The topological polar surface area (TPSA) is 120 Å². The number of ketones is 1. The van der Waals surface area contributed by atoms with Crippen molar-refractivity contribution < 1.29 is 19.7 Å². The fraction of sp³-hybridized carbons (Fsp3) is 0.526. The van der Waals surface area contributed by atoms with E-state index in [1.165, 1.54) is 47.1 Å². The van der Waals surface area contributed by atoms with Crippen LogP contribution in [0, 0.1) is 5.92 Å². The molecular weight excluding hydrogens is 576 g/mol. The fourth-order valence-electron chi connectivity index (χ4n) is 8.93. The molecule has 7 rings (SSSR count). The summed E-state index contributed by atoms with van der Waals surface area (Å²) in [6.45, 7) is 4.08. The van der Waals surface area contributed by atoms with Crippen LogP contribution in [0.1, 0.15) is 105 Å². The minimum atomic E-state index is -0.561. The number of hydrogen-bond donors (Lipinski definition) is 4. The molecule has 0 radical (unpaired) electrons. The van der Waals surface area contributed by atoms with Crippen molar-refractivity contribution in [2.45, 2.75) is 101 Å². The van der Waals surface area contributed by atoms with Gasteiger partial charge in [-0.25, -0.2) is 0 Å². The third-order valence-electron chi connectivity index (χ3n) is 11.2. The summed E-state index contributed by atoms with van der Waals surface area (Å²) in [6, 6.07) is 12.0. The molecule has 244 valence electrons. The summed E-state index contributed by atoms with van der Waals surface area (Å²) in [5.41, 5.74) is 15.3. The van der Waals surface area contributed by atoms with Crippen LogP contribution in [0.25, 0.3) is 0 Å². The molecule has 46 heavy (non-hydrogen) atoms. The van der Waals surface area contributed by atoms with Gasteiger partial charge < -0.3 is 25.6 Å². The number of aliphatic imine (C=N–C) groups is 1. The first kappa shape index (κ1) is 31.2. The van der Waals surface area contributed by atoms with Gasteiger partial charge in [-0.3, -0.25) is 15.1 Å². The van der Waals surface area contributed by atoms with Crippen molar-refractivity contribution in [3.63, 3.8) is 0 Å². The number of phenolic OH excluding ortho intramolecular Hbond substituents is 1. The largest absolute Gasteiger partial charge is 0.504 e. The van der Waals surface area contributed by atoms with Crippen molar-refractivity contribution in [1.29, 1.82) is 0 Å². The predicted molar refractivity (Wildman–Crippen MR) is 180 cm³/mol. The molecule has 0 unspecified atom stereocenters. The molecular formula is C38H48N4O4. The molecule has 5 atom stereocenters. The first-order valence-corrected chi connectivity index (χ1v) is 17.4. The van der Waals surface area contributed by atoms with E-state index in [0.717, 1.165) is 43.5 Å². The summed E-state index contributed by atoms with van der Waals surface area (Å²) in [6.07, 6.45) is 13.2. The highest BCUT2D eigenvalue weighted by atomic mass is 16.5. The summed E-state index contributed by atoms with van der Waals surface area (Å²) in [7, 11) is 0. The number of ether oxygens (including phenoxy) is 1. The van der Waals surface area contributed by atoms with E-state index in [-0.39, 0.29) is 36.3 Å². The van der Waals surface area contributed by atoms with Gasteiger partial charge in [0.05, 0.1) is 18.0 Å². The second-order valence-electron chi connectivity index (χ2n) is 14.1. The standard InChI is InChI=1S/C38H48N4O4/c1-2-3-4-8-27(43)18-28(44)13-11-24-12-14-34(45)35(16-24)46-23-42-21-30-32(20-40-33(30)22-42)38-15-6-7-26(38)17-25-19-41-37(39)29-9-5-10-31(38)36(25)29/h5,9-10,12,14,16,20,22,25-27,37,41,43,45H,2-4,6-8,11,13,15,17-19,21,23,39H2,1H3/t25-,26-,27-,37+,38+/m1/s1. The molecule has 3 heterocycles. The number of carbonyl (C=O) groups is 1. The number of nitrogens with one attached hydrogen (secondary N) is 1. The van der Waals surface area contributed by atoms with Gasteiger partial charge in [0.2, 0.25) is 0 Å². The van der Waals surface area contributed by atoms with Crippen LogP contribution in [0.15, 0.2) is 64.4 Å². The summed E-state index contributed by atoms with van der Waals surface area (Å²) in [4.78, 5) is 19.5. The number of benzene rings is 2. The Morgan fingerprint density at radius 1 is 1.26 bits per heavy atom. The number of aliphatic hydroxyl groups is 1. The highest BCUT2D eigenvalue weighted by Crippen LogP contribution is 2.61. The summed E-state index contributed by atoms with van der Waals surface area (Å²) < 4.78 is 6.15. The average molecular weight is 625 g/mol. The maximum Gasteiger partial charge on any atom is 0.163 e. The third kappa shape index (κ3) is 5.69. The predicted octanol–water partition coefficient (Wildman–Crippen LogP) is 5.89. The number of aromatic hydroxyl groups is 1. The Labute approximate surface area is 272 Å². The van der Waals surface area contributed by atoms with Crippen LogP contribution in [0.2, 0.25) is 0 Å². The number of allylic oxidation sites excluding steroid dienone is 1. The second-order valence-corrected chi connectivity index (χ2v) is 14.1. The van der Waals surface area contributed by atoms with Crippen LogP contribution in [-0.4, -0.2) is 53.0 Å². The summed E-state index contributed by atoms with van der Waals surface area (Å²) in [5.74, 6) is 1.65. The van der Waals surface area contributed by atoms with Crippen LogP contribution < -0.4 is 15.8 Å². The van der Waals surface area contributed by atoms with Crippen LogP contribution >= 0.6 is 0 Å². The zero-order valence-corrected chi connectivity index (χ0v) is 27.0. The lowest BCUT2D eigenvalue weighted by Gasteiger charge is -2.48. The number of nitrogens with two attached hydrogens (primary N) is 1. The zero-order valence-electron chi connectivity index (χ0n) is 27.0. The van der Waals surface area contributed by atoms with Crippen molar-refractivity contribution in [3.05, 3.63) is 81.7 Å². The van der Waals surface area contributed by atoms with Crippen LogP contribution in [-0.2, 0) is 16.6 Å². The fourth-order valence-corrected chi connectivity index (χ4v) is 8.93. The lowest BCUT2D eigenvalue weighted by molar-refractivity contribution is -0.121. The Morgan fingerprint density at radius 2 is 2.15 bits per heavy atom. The Hall–Kier alpha value is -3.46.